The topological polar surface area (TPSA) is 87.0 Å². The smallest absolute Gasteiger partial charge is 0.294 e. The van der Waals surface area contributed by atoms with Gasteiger partial charge < -0.3 is 5.21 Å². The lowest BCUT2D eigenvalue weighted by Crippen LogP contribution is -1.97. The number of hydrogen-bond acceptors (Lipinski definition) is 4. The van der Waals surface area contributed by atoms with E-state index in [1.807, 2.05) is 44.2 Å². The Kier molecular flexibility index (Phi) is 6.75. The summed E-state index contributed by atoms with van der Waals surface area (Å²) < 4.78 is 29.6. The molecule has 2 rings (SSSR count). The van der Waals surface area contributed by atoms with E-state index in [2.05, 4.69) is 5.16 Å². The van der Waals surface area contributed by atoms with Crippen LogP contribution in [0.2, 0.25) is 0 Å². The average molecular weight is 321 g/mol. The molecule has 0 spiro atoms. The van der Waals surface area contributed by atoms with Crippen LogP contribution in [0.4, 0.5) is 0 Å². The number of benzene rings is 2. The lowest BCUT2D eigenvalue weighted by molar-refractivity contribution is 0.318. The minimum atomic E-state index is -4.02. The first-order valence-electron chi connectivity index (χ1n) is 6.69. The second-order valence-electron chi connectivity index (χ2n) is 4.55. The van der Waals surface area contributed by atoms with Crippen molar-refractivity contribution in [2.24, 2.45) is 5.16 Å². The Labute approximate surface area is 130 Å². The quantitative estimate of drug-likeness (QED) is 0.392. The van der Waals surface area contributed by atoms with Gasteiger partial charge in [-0.25, -0.2) is 0 Å². The van der Waals surface area contributed by atoms with Gasteiger partial charge in [0.1, 0.15) is 0 Å². The maximum Gasteiger partial charge on any atom is 0.294 e. The molecule has 0 bridgehead atoms. The Morgan fingerprint density at radius 2 is 1.59 bits per heavy atom. The van der Waals surface area contributed by atoms with Crippen molar-refractivity contribution in [1.29, 1.82) is 0 Å². The third-order valence-corrected chi connectivity index (χ3v) is 3.75. The highest BCUT2D eigenvalue weighted by Gasteiger charge is 2.06. The van der Waals surface area contributed by atoms with E-state index in [1.54, 1.807) is 12.1 Å². The molecule has 6 heteroatoms. The molecule has 0 aliphatic rings. The molecule has 0 aromatic heterocycles. The van der Waals surface area contributed by atoms with Crippen molar-refractivity contribution in [3.63, 3.8) is 0 Å². The summed E-state index contributed by atoms with van der Waals surface area (Å²) in [6, 6.07) is 15.6. The second-order valence-corrected chi connectivity index (χ2v) is 5.98. The molecule has 0 aliphatic heterocycles. The second kappa shape index (κ2) is 8.31. The van der Waals surface area contributed by atoms with E-state index in [1.165, 1.54) is 12.1 Å². The monoisotopic (exact) mass is 321 g/mol. The van der Waals surface area contributed by atoms with Crippen molar-refractivity contribution in [2.45, 2.75) is 25.2 Å². The van der Waals surface area contributed by atoms with Gasteiger partial charge >= 0.3 is 0 Å². The van der Waals surface area contributed by atoms with E-state index in [9.17, 15) is 8.42 Å². The van der Waals surface area contributed by atoms with Crippen molar-refractivity contribution < 1.29 is 18.2 Å². The Morgan fingerprint density at radius 1 is 1.05 bits per heavy atom. The first-order valence-corrected chi connectivity index (χ1v) is 8.13. The molecular formula is C16H19NO4S. The molecule has 0 aliphatic carbocycles. The fourth-order valence-electron chi connectivity index (χ4n) is 1.67. The van der Waals surface area contributed by atoms with Crippen LogP contribution in [-0.2, 0) is 10.1 Å². The Morgan fingerprint density at radius 3 is 2.00 bits per heavy atom. The third-order valence-electron chi connectivity index (χ3n) is 2.88. The van der Waals surface area contributed by atoms with Crippen molar-refractivity contribution in [3.8, 4) is 0 Å². The van der Waals surface area contributed by atoms with E-state index >= 15 is 0 Å². The normalized spacial score (nSPS) is 11.5. The van der Waals surface area contributed by atoms with Crippen LogP contribution in [-0.4, -0.2) is 23.9 Å². The SMILES string of the molecule is CC/C(=N/O)c1ccccc1.Cc1ccc(S(=O)(=O)O)cc1. The predicted molar refractivity (Wildman–Crippen MR) is 86.1 cm³/mol. The van der Waals surface area contributed by atoms with E-state index in [0.29, 0.717) is 0 Å². The van der Waals surface area contributed by atoms with Gasteiger partial charge in [-0.15, -0.1) is 0 Å². The van der Waals surface area contributed by atoms with Gasteiger partial charge in [-0.1, -0.05) is 60.1 Å². The molecule has 0 saturated carbocycles. The summed E-state index contributed by atoms with van der Waals surface area (Å²) in [6.07, 6.45) is 0.751. The Hall–Kier alpha value is -2.18. The number of hydrogen-bond donors (Lipinski definition) is 2. The van der Waals surface area contributed by atoms with Gasteiger partial charge in [0.2, 0.25) is 0 Å². The molecule has 0 fully saturated rings. The molecule has 0 radical (unpaired) electrons. The van der Waals surface area contributed by atoms with Crippen LogP contribution in [0.25, 0.3) is 0 Å². The van der Waals surface area contributed by atoms with Crippen LogP contribution in [0, 0.1) is 6.92 Å². The summed E-state index contributed by atoms with van der Waals surface area (Å²) in [4.78, 5) is -0.0666. The van der Waals surface area contributed by atoms with E-state index in [4.69, 9.17) is 9.76 Å². The molecular weight excluding hydrogens is 302 g/mol. The first-order chi connectivity index (χ1) is 10.4. The molecule has 0 amide bonds. The maximum atomic E-state index is 10.5. The van der Waals surface area contributed by atoms with E-state index in [-0.39, 0.29) is 4.90 Å². The number of rotatable bonds is 3. The molecule has 5 nitrogen and oxygen atoms in total. The van der Waals surface area contributed by atoms with Crippen LogP contribution < -0.4 is 0 Å². The number of aryl methyl sites for hydroxylation is 1. The summed E-state index contributed by atoms with van der Waals surface area (Å²) in [7, 11) is -4.02. The molecule has 0 atom stereocenters. The molecule has 22 heavy (non-hydrogen) atoms. The van der Waals surface area contributed by atoms with Gasteiger partial charge in [0.25, 0.3) is 10.1 Å². The van der Waals surface area contributed by atoms with Crippen LogP contribution in [0.3, 0.4) is 0 Å². The fraction of sp³-hybridized carbons (Fsp3) is 0.188. The van der Waals surface area contributed by atoms with Crippen molar-refractivity contribution >= 4 is 15.8 Å². The first kappa shape index (κ1) is 17.9. The highest BCUT2D eigenvalue weighted by atomic mass is 32.2. The lowest BCUT2D eigenvalue weighted by Gasteiger charge is -1.98. The van der Waals surface area contributed by atoms with Crippen LogP contribution >= 0.6 is 0 Å². The molecule has 2 aromatic rings. The summed E-state index contributed by atoms with van der Waals surface area (Å²) in [5, 5.41) is 11.8. The maximum absolute atomic E-state index is 10.5. The van der Waals surface area contributed by atoms with Crippen molar-refractivity contribution in [2.75, 3.05) is 0 Å². The van der Waals surface area contributed by atoms with E-state index in [0.717, 1.165) is 23.3 Å². The molecule has 0 heterocycles. The predicted octanol–water partition coefficient (Wildman–Crippen LogP) is 3.52. The fourth-order valence-corrected chi connectivity index (χ4v) is 2.15. The zero-order valence-corrected chi connectivity index (χ0v) is 13.3. The molecule has 0 saturated heterocycles. The lowest BCUT2D eigenvalue weighted by atomic mass is 10.1. The average Bonchev–Trinajstić information content (AvgIpc) is 2.50. The molecule has 0 unspecified atom stereocenters. The molecule has 118 valence electrons. The van der Waals surface area contributed by atoms with Gasteiger partial charge in [-0.3, -0.25) is 4.55 Å². The van der Waals surface area contributed by atoms with Crippen LogP contribution in [0.15, 0.2) is 64.6 Å². The van der Waals surface area contributed by atoms with Gasteiger partial charge in [0.15, 0.2) is 0 Å². The molecule has 2 aromatic carbocycles. The van der Waals surface area contributed by atoms with Gasteiger partial charge in [0.05, 0.1) is 10.6 Å². The van der Waals surface area contributed by atoms with Crippen LogP contribution in [0.5, 0.6) is 0 Å². The van der Waals surface area contributed by atoms with Gasteiger partial charge in [-0.05, 0) is 31.0 Å². The highest BCUT2D eigenvalue weighted by Crippen LogP contribution is 2.08. The minimum absolute atomic E-state index is 0.0666. The minimum Gasteiger partial charge on any atom is -0.411 e. The summed E-state index contributed by atoms with van der Waals surface area (Å²) in [5.41, 5.74) is 2.67. The summed E-state index contributed by atoms with van der Waals surface area (Å²) >= 11 is 0. The standard InChI is InChI=1S/C9H11NO.C7H8O3S/c1-2-9(10-11)8-6-4-3-5-7-8;1-6-2-4-7(5-3-6)11(8,9)10/h3-7,11H,2H2,1H3;2-5H,1H3,(H,8,9,10)/b10-9-;. The van der Waals surface area contributed by atoms with Crippen molar-refractivity contribution in [3.05, 3.63) is 65.7 Å². The van der Waals surface area contributed by atoms with Gasteiger partial charge in [0, 0.05) is 0 Å². The van der Waals surface area contributed by atoms with E-state index < -0.39 is 10.1 Å². The summed E-state index contributed by atoms with van der Waals surface area (Å²) in [6.45, 7) is 3.80. The van der Waals surface area contributed by atoms with Gasteiger partial charge in [-0.2, -0.15) is 8.42 Å². The zero-order chi connectivity index (χ0) is 16.6. The zero-order valence-electron chi connectivity index (χ0n) is 12.5. The number of nitrogens with zero attached hydrogens (tertiary/aromatic N) is 1. The Balaban J connectivity index is 0.000000220. The third kappa shape index (κ3) is 5.67. The summed E-state index contributed by atoms with van der Waals surface area (Å²) in [5.74, 6) is 0. The Bertz CT molecular complexity index is 708. The molecule has 2 N–H and O–H groups in total. The number of oxime groups is 1. The van der Waals surface area contributed by atoms with Crippen LogP contribution in [0.1, 0.15) is 24.5 Å². The largest absolute Gasteiger partial charge is 0.411 e. The van der Waals surface area contributed by atoms with Crippen molar-refractivity contribution in [1.82, 2.24) is 0 Å². The highest BCUT2D eigenvalue weighted by molar-refractivity contribution is 7.85.